The van der Waals surface area contributed by atoms with Crippen molar-refractivity contribution in [3.8, 4) is 0 Å². The average Bonchev–Trinajstić information content (AvgIpc) is 3.05. The van der Waals surface area contributed by atoms with Gasteiger partial charge in [-0.1, -0.05) is 0 Å². The summed E-state index contributed by atoms with van der Waals surface area (Å²) >= 11 is 0. The fourth-order valence-electron chi connectivity index (χ4n) is 1.91. The summed E-state index contributed by atoms with van der Waals surface area (Å²) in [7, 11) is 0. The largest absolute Gasteiger partial charge is 0.435 e. The Hall–Kier alpha value is -2.72. The van der Waals surface area contributed by atoms with Gasteiger partial charge in [-0.05, 0) is 35.5 Å². The molecule has 0 spiro atoms. The molecule has 0 atom stereocenters. The first kappa shape index (κ1) is 14.2. The summed E-state index contributed by atoms with van der Waals surface area (Å²) < 4.78 is 40.2. The third-order valence-electron chi connectivity index (χ3n) is 2.97. The summed E-state index contributed by atoms with van der Waals surface area (Å²) in [6.45, 7) is 2.21. The molecule has 3 aromatic heterocycles. The number of nitrogens with zero attached hydrogens (tertiary/aromatic N) is 7. The van der Waals surface area contributed by atoms with Crippen molar-refractivity contribution in [2.24, 2.45) is 0 Å². The molecule has 0 aliphatic rings. The molecule has 0 bridgehead atoms. The second kappa shape index (κ2) is 5.24. The Kier molecular flexibility index (Phi) is 3.39. The van der Waals surface area contributed by atoms with Crippen molar-refractivity contribution in [2.75, 3.05) is 11.9 Å². The second-order valence-corrected chi connectivity index (χ2v) is 4.56. The van der Waals surface area contributed by atoms with Gasteiger partial charge in [0, 0.05) is 12.2 Å². The third-order valence-corrected chi connectivity index (χ3v) is 2.97. The van der Waals surface area contributed by atoms with Crippen LogP contribution in [-0.2, 0) is 12.7 Å². The van der Waals surface area contributed by atoms with Crippen LogP contribution in [0.2, 0.25) is 0 Å². The second-order valence-electron chi connectivity index (χ2n) is 4.56. The van der Waals surface area contributed by atoms with E-state index in [0.29, 0.717) is 23.7 Å². The van der Waals surface area contributed by atoms with Gasteiger partial charge in [-0.2, -0.15) is 18.3 Å². The van der Waals surface area contributed by atoms with Crippen molar-refractivity contribution in [2.45, 2.75) is 19.6 Å². The molecule has 1 N–H and O–H groups in total. The average molecular weight is 312 g/mol. The van der Waals surface area contributed by atoms with Gasteiger partial charge < -0.3 is 5.32 Å². The van der Waals surface area contributed by atoms with Crippen LogP contribution in [0.4, 0.5) is 19.0 Å². The van der Waals surface area contributed by atoms with Crippen LogP contribution in [0.5, 0.6) is 0 Å². The molecule has 0 aliphatic heterocycles. The molecule has 22 heavy (non-hydrogen) atoms. The molecule has 3 heterocycles. The zero-order valence-electron chi connectivity index (χ0n) is 11.4. The highest BCUT2D eigenvalue weighted by atomic mass is 19.4. The molecule has 3 aromatic rings. The number of anilines is 1. The van der Waals surface area contributed by atoms with Crippen LogP contribution >= 0.6 is 0 Å². The molecule has 11 heteroatoms. The van der Waals surface area contributed by atoms with Gasteiger partial charge in [-0.25, -0.2) is 0 Å². The number of fused-ring (bicyclic) bond motifs is 1. The lowest BCUT2D eigenvalue weighted by Gasteiger charge is -2.07. The maximum atomic E-state index is 12.6. The molecule has 0 unspecified atom stereocenters. The Labute approximate surface area is 121 Å². The molecule has 0 amide bonds. The Bertz CT molecular complexity index is 790. The normalized spacial score (nSPS) is 12.0. The molecular formula is C11H11F3N8. The van der Waals surface area contributed by atoms with Gasteiger partial charge in [0.1, 0.15) is 5.82 Å². The van der Waals surface area contributed by atoms with Crippen molar-refractivity contribution in [3.63, 3.8) is 0 Å². The highest BCUT2D eigenvalue weighted by Crippen LogP contribution is 2.28. The smallest absolute Gasteiger partial charge is 0.367 e. The minimum Gasteiger partial charge on any atom is -0.367 e. The molecule has 0 saturated carbocycles. The first-order valence-corrected chi connectivity index (χ1v) is 6.34. The van der Waals surface area contributed by atoms with Crippen LogP contribution in [-0.4, -0.2) is 41.6 Å². The summed E-state index contributed by atoms with van der Waals surface area (Å²) in [5, 5.41) is 21.4. The first-order valence-electron chi connectivity index (χ1n) is 6.34. The maximum Gasteiger partial charge on any atom is 0.435 e. The van der Waals surface area contributed by atoms with Gasteiger partial charge in [0.2, 0.25) is 0 Å². The standard InChI is InChI=1S/C11H11F3N8/c1-7-6-8(11(12,13)14)17-21(7)5-4-15-9-2-3-10-16-19-20-22(10)18-9/h2-3,6H,4-5H2,1H3,(H,15,18). The van der Waals surface area contributed by atoms with E-state index < -0.39 is 11.9 Å². The van der Waals surface area contributed by atoms with E-state index in [0.717, 1.165) is 6.07 Å². The van der Waals surface area contributed by atoms with E-state index in [-0.39, 0.29) is 6.54 Å². The van der Waals surface area contributed by atoms with Crippen LogP contribution in [0.1, 0.15) is 11.4 Å². The number of aryl methyl sites for hydroxylation is 1. The van der Waals surface area contributed by atoms with Crippen LogP contribution in [0.25, 0.3) is 5.65 Å². The summed E-state index contributed by atoms with van der Waals surface area (Å²) in [5.74, 6) is 0.514. The fourth-order valence-corrected chi connectivity index (χ4v) is 1.91. The highest BCUT2D eigenvalue weighted by Gasteiger charge is 2.34. The van der Waals surface area contributed by atoms with E-state index in [1.165, 1.54) is 9.31 Å². The molecule has 0 saturated heterocycles. The van der Waals surface area contributed by atoms with E-state index in [1.54, 1.807) is 19.1 Å². The van der Waals surface area contributed by atoms with E-state index in [9.17, 15) is 13.2 Å². The van der Waals surface area contributed by atoms with Gasteiger partial charge in [-0.3, -0.25) is 4.68 Å². The SMILES string of the molecule is Cc1cc(C(F)(F)F)nn1CCNc1ccc2nnnn2n1. The maximum absolute atomic E-state index is 12.6. The topological polar surface area (TPSA) is 85.8 Å². The Morgan fingerprint density at radius 2 is 2.05 bits per heavy atom. The quantitative estimate of drug-likeness (QED) is 0.778. The zero-order chi connectivity index (χ0) is 15.7. The van der Waals surface area contributed by atoms with Crippen LogP contribution in [0.3, 0.4) is 0 Å². The highest BCUT2D eigenvalue weighted by molar-refractivity contribution is 5.41. The third kappa shape index (κ3) is 2.82. The first-order chi connectivity index (χ1) is 10.4. The summed E-state index contributed by atoms with van der Waals surface area (Å²) in [4.78, 5) is 0. The lowest BCUT2D eigenvalue weighted by atomic mass is 10.3. The zero-order valence-corrected chi connectivity index (χ0v) is 11.4. The number of nitrogens with one attached hydrogen (secondary N) is 1. The van der Waals surface area contributed by atoms with Crippen LogP contribution < -0.4 is 5.32 Å². The van der Waals surface area contributed by atoms with Gasteiger partial charge in [-0.15, -0.1) is 14.8 Å². The Morgan fingerprint density at radius 3 is 2.77 bits per heavy atom. The molecule has 116 valence electrons. The summed E-state index contributed by atoms with van der Waals surface area (Å²) in [6, 6.07) is 4.38. The van der Waals surface area contributed by atoms with Gasteiger partial charge in [0.25, 0.3) is 0 Å². The predicted octanol–water partition coefficient (Wildman–Crippen LogP) is 1.16. The van der Waals surface area contributed by atoms with Crippen LogP contribution in [0.15, 0.2) is 18.2 Å². The fraction of sp³-hybridized carbons (Fsp3) is 0.364. The lowest BCUT2D eigenvalue weighted by Crippen LogP contribution is -2.15. The van der Waals surface area contributed by atoms with Crippen molar-refractivity contribution in [1.29, 1.82) is 0 Å². The molecule has 3 rings (SSSR count). The number of alkyl halides is 3. The molecule has 0 fully saturated rings. The number of halogens is 3. The summed E-state index contributed by atoms with van der Waals surface area (Å²) in [5.41, 5.74) is 0.0551. The van der Waals surface area contributed by atoms with Crippen molar-refractivity contribution < 1.29 is 13.2 Å². The number of tetrazole rings is 1. The Morgan fingerprint density at radius 1 is 1.23 bits per heavy atom. The number of aromatic nitrogens is 7. The van der Waals surface area contributed by atoms with Gasteiger partial charge in [0.15, 0.2) is 11.3 Å². The molecular weight excluding hydrogens is 301 g/mol. The Balaban J connectivity index is 1.64. The number of hydrogen-bond donors (Lipinski definition) is 1. The van der Waals surface area contributed by atoms with E-state index >= 15 is 0 Å². The van der Waals surface area contributed by atoms with Gasteiger partial charge >= 0.3 is 6.18 Å². The van der Waals surface area contributed by atoms with E-state index in [1.807, 2.05) is 0 Å². The molecule has 0 radical (unpaired) electrons. The minimum atomic E-state index is -4.43. The van der Waals surface area contributed by atoms with Crippen LogP contribution in [0, 0.1) is 6.92 Å². The molecule has 8 nitrogen and oxygen atoms in total. The van der Waals surface area contributed by atoms with E-state index in [2.05, 4.69) is 31.0 Å². The predicted molar refractivity (Wildman–Crippen MR) is 69.0 cm³/mol. The van der Waals surface area contributed by atoms with Gasteiger partial charge in [0.05, 0.1) is 6.54 Å². The number of hydrogen-bond acceptors (Lipinski definition) is 6. The van der Waals surface area contributed by atoms with Crippen molar-refractivity contribution in [1.82, 2.24) is 35.0 Å². The van der Waals surface area contributed by atoms with Crippen molar-refractivity contribution in [3.05, 3.63) is 29.6 Å². The minimum absolute atomic E-state index is 0.275. The monoisotopic (exact) mass is 312 g/mol. The van der Waals surface area contributed by atoms with E-state index in [4.69, 9.17) is 0 Å². The number of rotatable bonds is 4. The molecule has 0 aliphatic carbocycles. The summed E-state index contributed by atoms with van der Waals surface area (Å²) in [6.07, 6.45) is -4.43. The molecule has 0 aromatic carbocycles. The lowest BCUT2D eigenvalue weighted by molar-refractivity contribution is -0.141. The van der Waals surface area contributed by atoms with Crippen molar-refractivity contribution >= 4 is 11.5 Å².